The van der Waals surface area contributed by atoms with Gasteiger partial charge in [0.2, 0.25) is 0 Å². The molecular weight excluding hydrogens is 280 g/mol. The summed E-state index contributed by atoms with van der Waals surface area (Å²) in [5, 5.41) is 0. The van der Waals surface area contributed by atoms with Crippen LogP contribution in [0.5, 0.6) is 5.75 Å². The molecule has 0 aromatic heterocycles. The van der Waals surface area contributed by atoms with Gasteiger partial charge in [-0.15, -0.1) is 0 Å². The van der Waals surface area contributed by atoms with Crippen molar-refractivity contribution in [3.8, 4) is 5.75 Å². The van der Waals surface area contributed by atoms with E-state index in [9.17, 15) is 0 Å². The number of nitrogens with zero attached hydrogens (tertiary/aromatic N) is 1. The molecule has 2 heterocycles. The topological polar surface area (TPSA) is 57.0 Å². The fraction of sp³-hybridized carbons (Fsp3) is 0.647. The van der Waals surface area contributed by atoms with Crippen LogP contribution >= 0.6 is 0 Å². The Morgan fingerprint density at radius 3 is 2.59 bits per heavy atom. The minimum Gasteiger partial charge on any atom is -0.492 e. The highest BCUT2D eigenvalue weighted by molar-refractivity contribution is 5.54. The maximum Gasteiger partial charge on any atom is 0.170 e. The second-order valence-electron chi connectivity index (χ2n) is 6.00. The molecule has 0 bridgehead atoms. The van der Waals surface area contributed by atoms with Gasteiger partial charge in [-0.05, 0) is 31.0 Å². The van der Waals surface area contributed by atoms with E-state index in [4.69, 9.17) is 19.9 Å². The largest absolute Gasteiger partial charge is 0.492 e. The molecule has 122 valence electrons. The number of hydrogen-bond donors (Lipinski definition) is 1. The SMILES string of the molecule is CCOc1ccc(CCN2CCC3(CC2)OCCO3)cc1N. The van der Waals surface area contributed by atoms with Crippen LogP contribution < -0.4 is 10.5 Å². The van der Waals surface area contributed by atoms with Gasteiger partial charge in [-0.2, -0.15) is 0 Å². The Balaban J connectivity index is 1.48. The van der Waals surface area contributed by atoms with Gasteiger partial charge < -0.3 is 24.8 Å². The van der Waals surface area contributed by atoms with Crippen molar-refractivity contribution in [1.82, 2.24) is 4.90 Å². The monoisotopic (exact) mass is 306 g/mol. The molecular formula is C17H26N2O3. The summed E-state index contributed by atoms with van der Waals surface area (Å²) in [6.07, 6.45) is 2.95. The van der Waals surface area contributed by atoms with Crippen molar-refractivity contribution in [3.63, 3.8) is 0 Å². The molecule has 2 N–H and O–H groups in total. The summed E-state index contributed by atoms with van der Waals surface area (Å²) in [5.74, 6) is 0.502. The minimum atomic E-state index is -0.278. The Labute approximate surface area is 132 Å². The molecule has 0 radical (unpaired) electrons. The van der Waals surface area contributed by atoms with Crippen LogP contribution in [0.25, 0.3) is 0 Å². The van der Waals surface area contributed by atoms with Crippen molar-refractivity contribution >= 4 is 5.69 Å². The van der Waals surface area contributed by atoms with Crippen LogP contribution in [0.4, 0.5) is 5.69 Å². The van der Waals surface area contributed by atoms with E-state index in [0.29, 0.717) is 6.61 Å². The van der Waals surface area contributed by atoms with E-state index in [1.165, 1.54) is 5.56 Å². The lowest BCUT2D eigenvalue weighted by molar-refractivity contribution is -0.185. The van der Waals surface area contributed by atoms with E-state index >= 15 is 0 Å². The molecule has 2 saturated heterocycles. The molecule has 0 unspecified atom stereocenters. The average Bonchev–Trinajstić information content (AvgIpc) is 2.98. The molecule has 2 aliphatic heterocycles. The molecule has 1 aromatic rings. The van der Waals surface area contributed by atoms with Crippen molar-refractivity contribution in [2.24, 2.45) is 0 Å². The molecule has 2 fully saturated rings. The lowest BCUT2D eigenvalue weighted by Gasteiger charge is -2.37. The number of likely N-dealkylation sites (tertiary alicyclic amines) is 1. The first kappa shape index (κ1) is 15.6. The Morgan fingerprint density at radius 2 is 1.95 bits per heavy atom. The van der Waals surface area contributed by atoms with Gasteiger partial charge in [0.05, 0.1) is 25.5 Å². The number of anilines is 1. The lowest BCUT2D eigenvalue weighted by atomic mass is 10.0. The molecule has 5 heteroatoms. The van der Waals surface area contributed by atoms with Gasteiger partial charge in [-0.1, -0.05) is 6.07 Å². The van der Waals surface area contributed by atoms with E-state index in [0.717, 1.165) is 63.5 Å². The lowest BCUT2D eigenvalue weighted by Crippen LogP contribution is -2.45. The van der Waals surface area contributed by atoms with Crippen LogP contribution in [0.1, 0.15) is 25.3 Å². The Bertz CT molecular complexity index is 491. The van der Waals surface area contributed by atoms with Crippen molar-refractivity contribution in [2.45, 2.75) is 32.0 Å². The van der Waals surface area contributed by atoms with E-state index < -0.39 is 0 Å². The Kier molecular flexibility index (Phi) is 4.86. The van der Waals surface area contributed by atoms with Gasteiger partial charge >= 0.3 is 0 Å². The first-order valence-corrected chi connectivity index (χ1v) is 8.22. The highest BCUT2D eigenvalue weighted by Crippen LogP contribution is 2.31. The molecule has 1 aromatic carbocycles. The Morgan fingerprint density at radius 1 is 1.23 bits per heavy atom. The van der Waals surface area contributed by atoms with Crippen LogP contribution in [-0.2, 0) is 15.9 Å². The number of rotatable bonds is 5. The van der Waals surface area contributed by atoms with E-state index in [2.05, 4.69) is 11.0 Å². The van der Waals surface area contributed by atoms with E-state index in [1.54, 1.807) is 0 Å². The minimum absolute atomic E-state index is 0.278. The van der Waals surface area contributed by atoms with E-state index in [-0.39, 0.29) is 5.79 Å². The summed E-state index contributed by atoms with van der Waals surface area (Å²) in [6.45, 7) is 7.21. The molecule has 0 saturated carbocycles. The molecule has 2 aliphatic rings. The third-order valence-electron chi connectivity index (χ3n) is 4.52. The molecule has 1 spiro atoms. The smallest absolute Gasteiger partial charge is 0.170 e. The zero-order chi connectivity index (χ0) is 15.4. The second-order valence-corrected chi connectivity index (χ2v) is 6.00. The molecule has 3 rings (SSSR count). The summed E-state index contributed by atoms with van der Waals surface area (Å²) in [5.41, 5.74) is 8.01. The van der Waals surface area contributed by atoms with Crippen molar-refractivity contribution < 1.29 is 14.2 Å². The van der Waals surface area contributed by atoms with Gasteiger partial charge in [-0.25, -0.2) is 0 Å². The fourth-order valence-corrected chi connectivity index (χ4v) is 3.23. The third kappa shape index (κ3) is 3.54. The molecule has 0 aliphatic carbocycles. The summed E-state index contributed by atoms with van der Waals surface area (Å²) in [6, 6.07) is 6.11. The third-order valence-corrected chi connectivity index (χ3v) is 4.52. The van der Waals surface area contributed by atoms with Crippen molar-refractivity contribution in [2.75, 3.05) is 45.2 Å². The van der Waals surface area contributed by atoms with Crippen LogP contribution in [0.15, 0.2) is 18.2 Å². The van der Waals surface area contributed by atoms with Gasteiger partial charge in [0.15, 0.2) is 5.79 Å². The Hall–Kier alpha value is -1.30. The van der Waals surface area contributed by atoms with Crippen molar-refractivity contribution in [1.29, 1.82) is 0 Å². The molecule has 0 amide bonds. The van der Waals surface area contributed by atoms with E-state index in [1.807, 2.05) is 19.1 Å². The van der Waals surface area contributed by atoms with Crippen molar-refractivity contribution in [3.05, 3.63) is 23.8 Å². The molecule has 22 heavy (non-hydrogen) atoms. The predicted octanol–water partition coefficient (Wildman–Crippen LogP) is 2.05. The second kappa shape index (κ2) is 6.86. The highest BCUT2D eigenvalue weighted by Gasteiger charge is 2.39. The molecule has 0 atom stereocenters. The zero-order valence-electron chi connectivity index (χ0n) is 13.3. The summed E-state index contributed by atoms with van der Waals surface area (Å²) in [4.78, 5) is 2.48. The van der Waals surface area contributed by atoms with Crippen LogP contribution in [0.2, 0.25) is 0 Å². The predicted molar refractivity (Wildman–Crippen MR) is 86.0 cm³/mol. The van der Waals surface area contributed by atoms with Gasteiger partial charge in [-0.3, -0.25) is 0 Å². The maximum absolute atomic E-state index is 6.02. The van der Waals surface area contributed by atoms with Crippen LogP contribution in [0, 0.1) is 0 Å². The number of benzene rings is 1. The summed E-state index contributed by atoms with van der Waals surface area (Å²) < 4.78 is 17.0. The molecule has 5 nitrogen and oxygen atoms in total. The van der Waals surface area contributed by atoms with Crippen LogP contribution in [-0.4, -0.2) is 50.1 Å². The normalized spacial score (nSPS) is 21.3. The number of piperidine rings is 1. The maximum atomic E-state index is 6.02. The quantitative estimate of drug-likeness (QED) is 0.844. The summed E-state index contributed by atoms with van der Waals surface area (Å²) >= 11 is 0. The summed E-state index contributed by atoms with van der Waals surface area (Å²) in [7, 11) is 0. The zero-order valence-corrected chi connectivity index (χ0v) is 13.3. The number of nitrogens with two attached hydrogens (primary N) is 1. The number of ether oxygens (including phenoxy) is 3. The van der Waals surface area contributed by atoms with Gasteiger partial charge in [0.25, 0.3) is 0 Å². The standard InChI is InChI=1S/C17H26N2O3/c1-2-20-16-4-3-14(13-15(16)18)5-8-19-9-6-17(7-10-19)21-11-12-22-17/h3-4,13H,2,5-12,18H2,1H3. The number of hydrogen-bond acceptors (Lipinski definition) is 5. The fourth-order valence-electron chi connectivity index (χ4n) is 3.23. The number of nitrogen functional groups attached to an aromatic ring is 1. The highest BCUT2D eigenvalue weighted by atomic mass is 16.7. The van der Waals surface area contributed by atoms with Crippen LogP contribution in [0.3, 0.4) is 0 Å². The van der Waals surface area contributed by atoms with Gasteiger partial charge in [0, 0.05) is 32.5 Å². The van der Waals surface area contributed by atoms with Gasteiger partial charge in [0.1, 0.15) is 5.75 Å². The first-order chi connectivity index (χ1) is 10.7. The first-order valence-electron chi connectivity index (χ1n) is 8.22. The average molecular weight is 306 g/mol.